The zero-order chi connectivity index (χ0) is 9.53. The minimum atomic E-state index is -0.128. The molecule has 0 aliphatic carbocycles. The first-order valence-corrected chi connectivity index (χ1v) is 5.17. The molecule has 3 N–H and O–H groups in total. The molecule has 2 fully saturated rings. The molecule has 13 heavy (non-hydrogen) atoms. The van der Waals surface area contributed by atoms with Crippen molar-refractivity contribution >= 4 is 0 Å². The molecule has 0 bridgehead atoms. The lowest BCUT2D eigenvalue weighted by atomic mass is 9.71. The molecule has 76 valence electrons. The van der Waals surface area contributed by atoms with Gasteiger partial charge in [-0.25, -0.2) is 0 Å². The van der Waals surface area contributed by atoms with E-state index in [9.17, 15) is 0 Å². The fourth-order valence-corrected chi connectivity index (χ4v) is 2.63. The number of ether oxygens (including phenoxy) is 1. The van der Waals surface area contributed by atoms with Crippen LogP contribution < -0.4 is 11.1 Å². The van der Waals surface area contributed by atoms with E-state index in [1.54, 1.807) is 0 Å². The van der Waals surface area contributed by atoms with E-state index in [2.05, 4.69) is 19.2 Å². The smallest absolute Gasteiger partial charge is 0.0783 e. The molecule has 0 amide bonds. The maximum absolute atomic E-state index is 6.27. The summed E-state index contributed by atoms with van der Waals surface area (Å²) in [7, 11) is 0. The van der Waals surface area contributed by atoms with Crippen LogP contribution in [0.2, 0.25) is 0 Å². The average molecular weight is 184 g/mol. The van der Waals surface area contributed by atoms with Crippen molar-refractivity contribution in [2.45, 2.75) is 38.3 Å². The second kappa shape index (κ2) is 2.94. The number of hydrogen-bond donors (Lipinski definition) is 2. The summed E-state index contributed by atoms with van der Waals surface area (Å²) in [6.45, 7) is 7.24. The maximum atomic E-state index is 6.27. The van der Waals surface area contributed by atoms with Crippen LogP contribution in [0.5, 0.6) is 0 Å². The lowest BCUT2D eigenvalue weighted by Crippen LogP contribution is -2.52. The molecule has 2 aliphatic rings. The Kier molecular flexibility index (Phi) is 2.13. The molecule has 1 atom stereocenters. The Morgan fingerprint density at radius 2 is 1.92 bits per heavy atom. The van der Waals surface area contributed by atoms with E-state index >= 15 is 0 Å². The molecular weight excluding hydrogens is 164 g/mol. The molecule has 0 aromatic carbocycles. The van der Waals surface area contributed by atoms with Gasteiger partial charge in [-0.15, -0.1) is 0 Å². The highest BCUT2D eigenvalue weighted by molar-refractivity contribution is 5.05. The van der Waals surface area contributed by atoms with E-state index in [4.69, 9.17) is 10.5 Å². The van der Waals surface area contributed by atoms with E-state index < -0.39 is 0 Å². The Labute approximate surface area is 80.0 Å². The van der Waals surface area contributed by atoms with Crippen molar-refractivity contribution in [1.82, 2.24) is 5.32 Å². The van der Waals surface area contributed by atoms with Gasteiger partial charge in [-0.1, -0.05) is 0 Å². The average Bonchev–Trinajstić information content (AvgIpc) is 2.33. The van der Waals surface area contributed by atoms with Gasteiger partial charge in [0.05, 0.1) is 12.2 Å². The summed E-state index contributed by atoms with van der Waals surface area (Å²) in [4.78, 5) is 0. The molecule has 0 aromatic rings. The Hall–Kier alpha value is -0.120. The molecule has 2 aliphatic heterocycles. The third-order valence-electron chi connectivity index (χ3n) is 3.74. The highest BCUT2D eigenvalue weighted by Gasteiger charge is 2.51. The van der Waals surface area contributed by atoms with Crippen molar-refractivity contribution in [1.29, 1.82) is 0 Å². The molecule has 3 heteroatoms. The molecule has 2 heterocycles. The van der Waals surface area contributed by atoms with Gasteiger partial charge >= 0.3 is 0 Å². The van der Waals surface area contributed by atoms with Crippen molar-refractivity contribution in [2.24, 2.45) is 11.1 Å². The normalized spacial score (nSPS) is 36.7. The lowest BCUT2D eigenvalue weighted by molar-refractivity contribution is 0.0246. The quantitative estimate of drug-likeness (QED) is 0.576. The van der Waals surface area contributed by atoms with Gasteiger partial charge in [0, 0.05) is 11.5 Å². The number of nitrogens with one attached hydrogen (secondary N) is 1. The molecule has 2 rings (SSSR count). The van der Waals surface area contributed by atoms with Crippen LogP contribution in [0.25, 0.3) is 0 Å². The topological polar surface area (TPSA) is 47.3 Å². The van der Waals surface area contributed by atoms with Crippen LogP contribution >= 0.6 is 0 Å². The Bertz CT molecular complexity index is 197. The van der Waals surface area contributed by atoms with E-state index in [0.29, 0.717) is 0 Å². The molecule has 0 unspecified atom stereocenters. The van der Waals surface area contributed by atoms with Crippen LogP contribution in [0.1, 0.15) is 26.7 Å². The monoisotopic (exact) mass is 184 g/mol. The standard InChI is InChI=1S/C10H20N2O/c1-9(2)8(11)10(7-13-9)3-5-12-6-4-10/h8,12H,3-7,11H2,1-2H3/t8-/m1/s1. The molecule has 0 aromatic heterocycles. The molecule has 0 saturated carbocycles. The van der Waals surface area contributed by atoms with Crippen molar-refractivity contribution in [3.05, 3.63) is 0 Å². The van der Waals surface area contributed by atoms with Crippen molar-refractivity contribution in [3.63, 3.8) is 0 Å². The van der Waals surface area contributed by atoms with Crippen LogP contribution in [0.4, 0.5) is 0 Å². The van der Waals surface area contributed by atoms with E-state index in [-0.39, 0.29) is 17.1 Å². The fourth-order valence-electron chi connectivity index (χ4n) is 2.63. The molecule has 1 spiro atoms. The van der Waals surface area contributed by atoms with Crippen molar-refractivity contribution < 1.29 is 4.74 Å². The van der Waals surface area contributed by atoms with Gasteiger partial charge in [-0.05, 0) is 39.8 Å². The summed E-state index contributed by atoms with van der Waals surface area (Å²) in [5.74, 6) is 0. The largest absolute Gasteiger partial charge is 0.373 e. The van der Waals surface area contributed by atoms with E-state index in [0.717, 1.165) is 32.5 Å². The number of hydrogen-bond acceptors (Lipinski definition) is 3. The van der Waals surface area contributed by atoms with Crippen molar-refractivity contribution in [3.8, 4) is 0 Å². The first kappa shape index (κ1) is 9.44. The van der Waals surface area contributed by atoms with Crippen LogP contribution in [-0.2, 0) is 4.74 Å². The first-order valence-electron chi connectivity index (χ1n) is 5.17. The fraction of sp³-hybridized carbons (Fsp3) is 1.00. The Morgan fingerprint density at radius 3 is 2.38 bits per heavy atom. The summed E-state index contributed by atoms with van der Waals surface area (Å²) in [5, 5.41) is 3.37. The number of nitrogens with two attached hydrogens (primary N) is 1. The first-order chi connectivity index (χ1) is 6.07. The zero-order valence-electron chi connectivity index (χ0n) is 8.60. The van der Waals surface area contributed by atoms with Gasteiger partial charge in [-0.3, -0.25) is 0 Å². The zero-order valence-corrected chi connectivity index (χ0v) is 8.60. The van der Waals surface area contributed by atoms with Crippen LogP contribution in [0.3, 0.4) is 0 Å². The van der Waals surface area contributed by atoms with Gasteiger partial charge in [0.2, 0.25) is 0 Å². The number of piperidine rings is 1. The summed E-state index contributed by atoms with van der Waals surface area (Å²) < 4.78 is 5.79. The lowest BCUT2D eigenvalue weighted by Gasteiger charge is -2.38. The molecule has 2 saturated heterocycles. The predicted molar refractivity (Wildman–Crippen MR) is 52.5 cm³/mol. The number of rotatable bonds is 0. The summed E-state index contributed by atoms with van der Waals surface area (Å²) >= 11 is 0. The van der Waals surface area contributed by atoms with Gasteiger partial charge < -0.3 is 15.8 Å². The van der Waals surface area contributed by atoms with Crippen molar-refractivity contribution in [2.75, 3.05) is 19.7 Å². The van der Waals surface area contributed by atoms with Gasteiger partial charge in [0.25, 0.3) is 0 Å². The third-order valence-corrected chi connectivity index (χ3v) is 3.74. The third kappa shape index (κ3) is 1.39. The Morgan fingerprint density at radius 1 is 1.31 bits per heavy atom. The van der Waals surface area contributed by atoms with Gasteiger partial charge in [0.15, 0.2) is 0 Å². The van der Waals surface area contributed by atoms with E-state index in [1.165, 1.54) is 0 Å². The maximum Gasteiger partial charge on any atom is 0.0783 e. The predicted octanol–water partition coefficient (Wildman–Crippen LogP) is 0.492. The summed E-state index contributed by atoms with van der Waals surface area (Å²) in [6, 6.07) is 0.196. The highest BCUT2D eigenvalue weighted by atomic mass is 16.5. The molecule has 0 radical (unpaired) electrons. The second-order valence-electron chi connectivity index (χ2n) is 4.98. The van der Waals surface area contributed by atoms with Crippen LogP contribution in [-0.4, -0.2) is 31.3 Å². The van der Waals surface area contributed by atoms with Crippen LogP contribution in [0.15, 0.2) is 0 Å². The van der Waals surface area contributed by atoms with Crippen LogP contribution in [0, 0.1) is 5.41 Å². The Balaban J connectivity index is 2.15. The van der Waals surface area contributed by atoms with Gasteiger partial charge in [-0.2, -0.15) is 0 Å². The summed E-state index contributed by atoms with van der Waals surface area (Å²) in [6.07, 6.45) is 2.33. The highest BCUT2D eigenvalue weighted by Crippen LogP contribution is 2.43. The second-order valence-corrected chi connectivity index (χ2v) is 4.98. The minimum absolute atomic E-state index is 0.128. The van der Waals surface area contributed by atoms with Gasteiger partial charge in [0.1, 0.15) is 0 Å². The van der Waals surface area contributed by atoms with E-state index in [1.807, 2.05) is 0 Å². The molecular formula is C10H20N2O. The minimum Gasteiger partial charge on any atom is -0.373 e. The summed E-state index contributed by atoms with van der Waals surface area (Å²) in [5.41, 5.74) is 6.40. The SMILES string of the molecule is CC1(C)OCC2(CCNCC2)[C@@H]1N. The molecule has 3 nitrogen and oxygen atoms in total.